The molecule has 0 bridgehead atoms. The molecule has 0 spiro atoms. The summed E-state index contributed by atoms with van der Waals surface area (Å²) in [7, 11) is 1.76. The van der Waals surface area contributed by atoms with Gasteiger partial charge in [-0.25, -0.2) is 0 Å². The molecule has 0 aliphatic heterocycles. The van der Waals surface area contributed by atoms with Gasteiger partial charge in [0.25, 0.3) is 0 Å². The predicted octanol–water partition coefficient (Wildman–Crippen LogP) is 1.66. The smallest absolute Gasteiger partial charge is 0.0583 e. The van der Waals surface area contributed by atoms with Crippen LogP contribution in [0.1, 0.15) is 27.7 Å². The number of rotatable bonds is 5. The van der Waals surface area contributed by atoms with Crippen molar-refractivity contribution < 1.29 is 4.74 Å². The third-order valence-electron chi connectivity index (χ3n) is 2.43. The SMILES string of the molecule is CCNC(C)C(C)C(C)OC. The van der Waals surface area contributed by atoms with Crippen LogP contribution in [0.2, 0.25) is 0 Å². The van der Waals surface area contributed by atoms with Crippen LogP contribution in [0.5, 0.6) is 0 Å². The molecule has 2 nitrogen and oxygen atoms in total. The van der Waals surface area contributed by atoms with E-state index in [2.05, 4.69) is 33.0 Å². The summed E-state index contributed by atoms with van der Waals surface area (Å²) < 4.78 is 5.24. The number of methoxy groups -OCH3 is 1. The molecule has 11 heavy (non-hydrogen) atoms. The van der Waals surface area contributed by atoms with E-state index in [0.717, 1.165) is 6.54 Å². The van der Waals surface area contributed by atoms with Gasteiger partial charge in [0.15, 0.2) is 0 Å². The van der Waals surface area contributed by atoms with Crippen LogP contribution in [0.15, 0.2) is 0 Å². The Kier molecular flexibility index (Phi) is 5.51. The van der Waals surface area contributed by atoms with Crippen LogP contribution < -0.4 is 5.32 Å². The molecule has 3 unspecified atom stereocenters. The maximum absolute atomic E-state index is 5.24. The fraction of sp³-hybridized carbons (Fsp3) is 1.00. The molecule has 0 rings (SSSR count). The highest BCUT2D eigenvalue weighted by atomic mass is 16.5. The van der Waals surface area contributed by atoms with E-state index in [4.69, 9.17) is 4.74 Å². The van der Waals surface area contributed by atoms with Crippen molar-refractivity contribution in [3.05, 3.63) is 0 Å². The summed E-state index contributed by atoms with van der Waals surface area (Å²) in [5.74, 6) is 0.569. The molecule has 1 N–H and O–H groups in total. The van der Waals surface area contributed by atoms with Crippen molar-refractivity contribution in [3.8, 4) is 0 Å². The molecule has 0 aromatic rings. The second-order valence-corrected chi connectivity index (χ2v) is 3.15. The average molecular weight is 159 g/mol. The van der Waals surface area contributed by atoms with Crippen LogP contribution in [0.4, 0.5) is 0 Å². The van der Waals surface area contributed by atoms with Crippen LogP contribution in [0.25, 0.3) is 0 Å². The number of ether oxygens (including phenoxy) is 1. The Morgan fingerprint density at radius 1 is 1.27 bits per heavy atom. The van der Waals surface area contributed by atoms with Gasteiger partial charge in [-0.15, -0.1) is 0 Å². The van der Waals surface area contributed by atoms with E-state index >= 15 is 0 Å². The molecular formula is C9H21NO. The van der Waals surface area contributed by atoms with E-state index in [0.29, 0.717) is 18.1 Å². The van der Waals surface area contributed by atoms with Crippen LogP contribution in [-0.2, 0) is 4.74 Å². The molecule has 0 aromatic carbocycles. The van der Waals surface area contributed by atoms with Gasteiger partial charge < -0.3 is 10.1 Å². The quantitative estimate of drug-likeness (QED) is 0.658. The summed E-state index contributed by atoms with van der Waals surface area (Å²) in [5.41, 5.74) is 0. The largest absolute Gasteiger partial charge is 0.381 e. The Balaban J connectivity index is 3.70. The van der Waals surface area contributed by atoms with Gasteiger partial charge in [-0.05, 0) is 26.3 Å². The standard InChI is InChI=1S/C9H21NO/c1-6-10-8(3)7(2)9(4)11-5/h7-10H,6H2,1-5H3. The fourth-order valence-electron chi connectivity index (χ4n) is 1.13. The van der Waals surface area contributed by atoms with Gasteiger partial charge >= 0.3 is 0 Å². The van der Waals surface area contributed by atoms with Crippen molar-refractivity contribution in [1.82, 2.24) is 5.32 Å². The number of nitrogens with one attached hydrogen (secondary N) is 1. The minimum atomic E-state index is 0.337. The van der Waals surface area contributed by atoms with Gasteiger partial charge in [-0.1, -0.05) is 13.8 Å². The Hall–Kier alpha value is -0.0800. The molecule has 0 aliphatic carbocycles. The van der Waals surface area contributed by atoms with E-state index in [9.17, 15) is 0 Å². The lowest BCUT2D eigenvalue weighted by Crippen LogP contribution is -2.37. The van der Waals surface area contributed by atoms with Gasteiger partial charge in [0.1, 0.15) is 0 Å². The van der Waals surface area contributed by atoms with Gasteiger partial charge in [0, 0.05) is 13.2 Å². The summed E-state index contributed by atoms with van der Waals surface area (Å²) in [4.78, 5) is 0. The first-order valence-corrected chi connectivity index (χ1v) is 4.39. The van der Waals surface area contributed by atoms with Crippen molar-refractivity contribution in [1.29, 1.82) is 0 Å². The molecule has 0 aromatic heterocycles. The molecule has 2 heteroatoms. The highest BCUT2D eigenvalue weighted by Gasteiger charge is 2.17. The molecule has 0 amide bonds. The topological polar surface area (TPSA) is 21.3 Å². The second-order valence-electron chi connectivity index (χ2n) is 3.15. The van der Waals surface area contributed by atoms with Crippen LogP contribution >= 0.6 is 0 Å². The summed E-state index contributed by atoms with van der Waals surface area (Å²) in [6, 6.07) is 0.537. The first-order valence-electron chi connectivity index (χ1n) is 4.39. The fourth-order valence-corrected chi connectivity index (χ4v) is 1.13. The molecular weight excluding hydrogens is 138 g/mol. The third-order valence-corrected chi connectivity index (χ3v) is 2.43. The van der Waals surface area contributed by atoms with Crippen LogP contribution in [-0.4, -0.2) is 25.8 Å². The Morgan fingerprint density at radius 2 is 1.82 bits per heavy atom. The Morgan fingerprint density at radius 3 is 2.18 bits per heavy atom. The second kappa shape index (κ2) is 5.56. The maximum Gasteiger partial charge on any atom is 0.0583 e. The molecule has 0 heterocycles. The highest BCUT2D eigenvalue weighted by Crippen LogP contribution is 2.10. The third kappa shape index (κ3) is 3.73. The first-order chi connectivity index (χ1) is 5.13. The van der Waals surface area contributed by atoms with Gasteiger partial charge in [-0.3, -0.25) is 0 Å². The van der Waals surface area contributed by atoms with E-state index in [1.165, 1.54) is 0 Å². The van der Waals surface area contributed by atoms with Crippen molar-refractivity contribution >= 4 is 0 Å². The Labute approximate surface area is 70.3 Å². The minimum Gasteiger partial charge on any atom is -0.381 e. The molecule has 68 valence electrons. The summed E-state index contributed by atoms with van der Waals surface area (Å²) in [5, 5.41) is 3.38. The van der Waals surface area contributed by atoms with E-state index < -0.39 is 0 Å². The summed E-state index contributed by atoms with van der Waals surface area (Å²) >= 11 is 0. The van der Waals surface area contributed by atoms with Crippen molar-refractivity contribution in [2.24, 2.45) is 5.92 Å². The normalized spacial score (nSPS) is 19.4. The number of hydrogen-bond donors (Lipinski definition) is 1. The van der Waals surface area contributed by atoms with Gasteiger partial charge in [0.05, 0.1) is 6.10 Å². The molecule has 0 fully saturated rings. The van der Waals surface area contributed by atoms with E-state index in [1.807, 2.05) is 0 Å². The van der Waals surface area contributed by atoms with Crippen molar-refractivity contribution in [2.45, 2.75) is 39.8 Å². The van der Waals surface area contributed by atoms with Crippen molar-refractivity contribution in [2.75, 3.05) is 13.7 Å². The van der Waals surface area contributed by atoms with E-state index in [-0.39, 0.29) is 0 Å². The number of hydrogen-bond acceptors (Lipinski definition) is 2. The molecule has 3 atom stereocenters. The summed E-state index contributed by atoms with van der Waals surface area (Å²) in [6.45, 7) is 9.67. The van der Waals surface area contributed by atoms with Crippen molar-refractivity contribution in [3.63, 3.8) is 0 Å². The lowest BCUT2D eigenvalue weighted by atomic mass is 9.98. The van der Waals surface area contributed by atoms with E-state index in [1.54, 1.807) is 7.11 Å². The lowest BCUT2D eigenvalue weighted by molar-refractivity contribution is 0.0605. The molecule has 0 saturated carbocycles. The highest BCUT2D eigenvalue weighted by molar-refractivity contribution is 4.72. The molecule has 0 saturated heterocycles. The zero-order valence-corrected chi connectivity index (χ0v) is 8.35. The monoisotopic (exact) mass is 159 g/mol. The summed E-state index contributed by atoms with van der Waals surface area (Å²) in [6.07, 6.45) is 0.337. The molecule has 0 radical (unpaired) electrons. The molecule has 0 aliphatic rings. The minimum absolute atomic E-state index is 0.337. The Bertz CT molecular complexity index is 95.6. The maximum atomic E-state index is 5.24. The zero-order chi connectivity index (χ0) is 8.85. The van der Waals surface area contributed by atoms with Gasteiger partial charge in [0.2, 0.25) is 0 Å². The first kappa shape index (κ1) is 10.9. The average Bonchev–Trinajstić information content (AvgIpc) is 2.02. The van der Waals surface area contributed by atoms with Gasteiger partial charge in [-0.2, -0.15) is 0 Å². The van der Waals surface area contributed by atoms with Crippen LogP contribution in [0, 0.1) is 5.92 Å². The lowest BCUT2D eigenvalue weighted by Gasteiger charge is -2.25. The zero-order valence-electron chi connectivity index (χ0n) is 8.35. The predicted molar refractivity (Wildman–Crippen MR) is 48.8 cm³/mol. The van der Waals surface area contributed by atoms with Crippen LogP contribution in [0.3, 0.4) is 0 Å².